The molecule has 1 aliphatic rings. The number of allylic oxidation sites excluding steroid dienone is 1. The predicted octanol–water partition coefficient (Wildman–Crippen LogP) is 1.97. The van der Waals surface area contributed by atoms with E-state index >= 15 is 0 Å². The van der Waals surface area contributed by atoms with Crippen molar-refractivity contribution in [3.63, 3.8) is 0 Å². The lowest BCUT2D eigenvalue weighted by Gasteiger charge is -2.03. The molecule has 0 spiro atoms. The Hall–Kier alpha value is -1.90. The molecule has 0 fully saturated rings. The Morgan fingerprint density at radius 2 is 2.29 bits per heavy atom. The Balaban J connectivity index is 2.34. The van der Waals surface area contributed by atoms with Crippen molar-refractivity contribution in [2.75, 3.05) is 0 Å². The summed E-state index contributed by atoms with van der Waals surface area (Å²) in [6.45, 7) is 0.879. The first-order chi connectivity index (χ1) is 6.95. The lowest BCUT2D eigenvalue weighted by molar-refractivity contribution is 0.836. The van der Waals surface area contributed by atoms with Crippen LogP contribution < -0.4 is 0 Å². The maximum atomic E-state index is 4.34. The lowest BCUT2D eigenvalue weighted by atomic mass is 10.1. The highest BCUT2D eigenvalue weighted by molar-refractivity contribution is 5.71. The van der Waals surface area contributed by atoms with Gasteiger partial charge in [-0.25, -0.2) is 4.98 Å². The van der Waals surface area contributed by atoms with Crippen LogP contribution in [0, 0.1) is 0 Å². The van der Waals surface area contributed by atoms with Crippen LogP contribution in [0.2, 0.25) is 0 Å². The zero-order valence-electron chi connectivity index (χ0n) is 7.59. The van der Waals surface area contributed by atoms with Gasteiger partial charge in [0.25, 0.3) is 0 Å². The van der Waals surface area contributed by atoms with E-state index in [1.165, 1.54) is 5.56 Å². The molecule has 0 atom stereocenters. The second-order valence-electron chi connectivity index (χ2n) is 3.27. The molecule has 0 radical (unpaired) electrons. The number of pyridine rings is 1. The second-order valence-corrected chi connectivity index (χ2v) is 3.27. The molecule has 68 valence electrons. The summed E-state index contributed by atoms with van der Waals surface area (Å²) in [5, 5.41) is 0. The smallest absolute Gasteiger partial charge is 0.142 e. The van der Waals surface area contributed by atoms with E-state index in [0.29, 0.717) is 0 Å². The molecule has 0 saturated heterocycles. The van der Waals surface area contributed by atoms with Gasteiger partial charge in [0.15, 0.2) is 0 Å². The standard InChI is InChI=1S/C11H9N3/c1-2-9-3-4-12-8-10(9)11-13-5-7-14(11)6-1/h1-5,7-8H,6H2. The summed E-state index contributed by atoms with van der Waals surface area (Å²) >= 11 is 0. The zero-order valence-corrected chi connectivity index (χ0v) is 7.59. The largest absolute Gasteiger partial charge is 0.327 e. The van der Waals surface area contributed by atoms with E-state index in [1.807, 2.05) is 30.9 Å². The van der Waals surface area contributed by atoms with Crippen molar-refractivity contribution in [3.05, 3.63) is 42.5 Å². The average molecular weight is 183 g/mol. The number of nitrogens with zero attached hydrogens (tertiary/aromatic N) is 3. The van der Waals surface area contributed by atoms with Crippen LogP contribution in [0.1, 0.15) is 5.56 Å². The Kier molecular flexibility index (Phi) is 1.50. The van der Waals surface area contributed by atoms with Crippen molar-refractivity contribution in [2.24, 2.45) is 0 Å². The first-order valence-electron chi connectivity index (χ1n) is 4.57. The summed E-state index contributed by atoms with van der Waals surface area (Å²) in [4.78, 5) is 8.47. The van der Waals surface area contributed by atoms with Gasteiger partial charge in [-0.3, -0.25) is 4.98 Å². The Bertz CT molecular complexity index is 497. The third kappa shape index (κ3) is 0.988. The number of aromatic nitrogens is 3. The normalized spacial score (nSPS) is 13.1. The molecule has 3 rings (SSSR count). The van der Waals surface area contributed by atoms with E-state index in [1.54, 1.807) is 0 Å². The zero-order chi connectivity index (χ0) is 9.38. The van der Waals surface area contributed by atoms with Gasteiger partial charge in [0, 0.05) is 36.9 Å². The molecule has 0 aliphatic carbocycles. The number of fused-ring (bicyclic) bond motifs is 3. The SMILES string of the molecule is C1=Cc2ccncc2-c2nccn2C1. The maximum Gasteiger partial charge on any atom is 0.142 e. The summed E-state index contributed by atoms with van der Waals surface area (Å²) in [6, 6.07) is 2.01. The third-order valence-corrected chi connectivity index (χ3v) is 2.41. The fourth-order valence-corrected chi connectivity index (χ4v) is 1.73. The molecule has 2 aromatic rings. The number of rotatable bonds is 0. The summed E-state index contributed by atoms with van der Waals surface area (Å²) in [7, 11) is 0. The highest BCUT2D eigenvalue weighted by Crippen LogP contribution is 2.24. The molecule has 0 aromatic carbocycles. The van der Waals surface area contributed by atoms with Gasteiger partial charge in [0.05, 0.1) is 0 Å². The Morgan fingerprint density at radius 1 is 1.29 bits per heavy atom. The van der Waals surface area contributed by atoms with Gasteiger partial charge in [-0.15, -0.1) is 0 Å². The third-order valence-electron chi connectivity index (χ3n) is 2.41. The summed E-state index contributed by atoms with van der Waals surface area (Å²) in [5.74, 6) is 0.998. The minimum atomic E-state index is 0.879. The molecular weight excluding hydrogens is 174 g/mol. The first-order valence-corrected chi connectivity index (χ1v) is 4.57. The van der Waals surface area contributed by atoms with Gasteiger partial charge in [-0.2, -0.15) is 0 Å². The maximum absolute atomic E-state index is 4.34. The molecule has 3 heteroatoms. The van der Waals surface area contributed by atoms with Gasteiger partial charge >= 0.3 is 0 Å². The average Bonchev–Trinajstić information content (AvgIpc) is 2.61. The molecule has 0 saturated carbocycles. The first kappa shape index (κ1) is 7.50. The van der Waals surface area contributed by atoms with E-state index in [2.05, 4.69) is 26.7 Å². The predicted molar refractivity (Wildman–Crippen MR) is 54.5 cm³/mol. The fourth-order valence-electron chi connectivity index (χ4n) is 1.73. The fraction of sp³-hybridized carbons (Fsp3) is 0.0909. The van der Waals surface area contributed by atoms with Crippen LogP contribution in [0.25, 0.3) is 17.5 Å². The lowest BCUT2D eigenvalue weighted by Crippen LogP contribution is -1.95. The van der Waals surface area contributed by atoms with Gasteiger partial charge in [-0.1, -0.05) is 12.2 Å². The van der Waals surface area contributed by atoms with E-state index in [4.69, 9.17) is 0 Å². The summed E-state index contributed by atoms with van der Waals surface area (Å²) in [6.07, 6.45) is 11.7. The van der Waals surface area contributed by atoms with Crippen LogP contribution in [0.3, 0.4) is 0 Å². The van der Waals surface area contributed by atoms with E-state index in [9.17, 15) is 0 Å². The van der Waals surface area contributed by atoms with Gasteiger partial charge < -0.3 is 4.57 Å². The van der Waals surface area contributed by atoms with Crippen molar-refractivity contribution >= 4 is 6.08 Å². The van der Waals surface area contributed by atoms with Crippen LogP contribution in [0.4, 0.5) is 0 Å². The molecule has 0 bridgehead atoms. The van der Waals surface area contributed by atoms with E-state index in [0.717, 1.165) is 17.9 Å². The van der Waals surface area contributed by atoms with Crippen molar-refractivity contribution < 1.29 is 0 Å². The molecule has 1 aliphatic heterocycles. The van der Waals surface area contributed by atoms with Crippen molar-refractivity contribution in [1.82, 2.24) is 14.5 Å². The van der Waals surface area contributed by atoms with Gasteiger partial charge in [0.1, 0.15) is 5.82 Å². The van der Waals surface area contributed by atoms with E-state index < -0.39 is 0 Å². The highest BCUT2D eigenvalue weighted by atomic mass is 15.1. The quantitative estimate of drug-likeness (QED) is 0.625. The minimum Gasteiger partial charge on any atom is -0.327 e. The topological polar surface area (TPSA) is 30.7 Å². The van der Waals surface area contributed by atoms with Crippen LogP contribution in [0.5, 0.6) is 0 Å². The Morgan fingerprint density at radius 3 is 3.29 bits per heavy atom. The molecule has 0 unspecified atom stereocenters. The number of imidazole rings is 1. The van der Waals surface area contributed by atoms with Crippen LogP contribution >= 0.6 is 0 Å². The van der Waals surface area contributed by atoms with Gasteiger partial charge in [-0.05, 0) is 11.6 Å². The monoisotopic (exact) mass is 183 g/mol. The van der Waals surface area contributed by atoms with Crippen LogP contribution in [-0.2, 0) is 6.54 Å². The molecule has 0 N–H and O–H groups in total. The second kappa shape index (κ2) is 2.80. The Labute approximate surface area is 81.7 Å². The minimum absolute atomic E-state index is 0.879. The molecule has 3 nitrogen and oxygen atoms in total. The summed E-state index contributed by atoms with van der Waals surface area (Å²) < 4.78 is 2.12. The summed E-state index contributed by atoms with van der Waals surface area (Å²) in [5.41, 5.74) is 2.29. The highest BCUT2D eigenvalue weighted by Gasteiger charge is 2.10. The number of hydrogen-bond acceptors (Lipinski definition) is 2. The van der Waals surface area contributed by atoms with Gasteiger partial charge in [0.2, 0.25) is 0 Å². The molecule has 14 heavy (non-hydrogen) atoms. The molecule has 0 amide bonds. The van der Waals surface area contributed by atoms with Crippen molar-refractivity contribution in [1.29, 1.82) is 0 Å². The number of hydrogen-bond donors (Lipinski definition) is 0. The van der Waals surface area contributed by atoms with Crippen molar-refractivity contribution in [3.8, 4) is 11.4 Å². The van der Waals surface area contributed by atoms with Crippen LogP contribution in [-0.4, -0.2) is 14.5 Å². The molecular formula is C11H9N3. The molecule has 2 aromatic heterocycles. The van der Waals surface area contributed by atoms with Crippen LogP contribution in [0.15, 0.2) is 36.9 Å². The van der Waals surface area contributed by atoms with E-state index in [-0.39, 0.29) is 0 Å². The molecule has 3 heterocycles. The van der Waals surface area contributed by atoms with Crippen molar-refractivity contribution in [2.45, 2.75) is 6.54 Å².